The Morgan fingerprint density at radius 1 is 1.04 bits per heavy atom. The van der Waals surface area contributed by atoms with E-state index in [1.165, 1.54) is 9.79 Å². The van der Waals surface area contributed by atoms with Gasteiger partial charge in [0.25, 0.3) is 0 Å². The first-order valence-electron chi connectivity index (χ1n) is 8.20. The van der Waals surface area contributed by atoms with Gasteiger partial charge in [-0.3, -0.25) is 4.79 Å². The minimum atomic E-state index is -0.187. The van der Waals surface area contributed by atoms with Gasteiger partial charge in [-0.1, -0.05) is 27.7 Å². The van der Waals surface area contributed by atoms with E-state index < -0.39 is 0 Å². The van der Waals surface area contributed by atoms with Crippen molar-refractivity contribution in [1.29, 1.82) is 0 Å². The molecule has 0 radical (unpaired) electrons. The van der Waals surface area contributed by atoms with Crippen LogP contribution in [0.5, 0.6) is 0 Å². The number of carbonyl (C=O) groups excluding carboxylic acids is 1. The van der Waals surface area contributed by atoms with Crippen molar-refractivity contribution in [3.8, 4) is 0 Å². The van der Waals surface area contributed by atoms with Crippen molar-refractivity contribution >= 4 is 39.3 Å². The molecular formula is C19H21BrN2OS. The quantitative estimate of drug-likeness (QED) is 0.758. The predicted molar refractivity (Wildman–Crippen MR) is 104 cm³/mol. The second kappa shape index (κ2) is 8.08. The second-order valence-corrected chi connectivity index (χ2v) is 8.04. The highest BCUT2D eigenvalue weighted by Gasteiger charge is 2.22. The van der Waals surface area contributed by atoms with E-state index in [1.54, 1.807) is 11.8 Å². The van der Waals surface area contributed by atoms with E-state index in [1.807, 2.05) is 36.1 Å². The Kier molecular flexibility index (Phi) is 5.85. The third kappa shape index (κ3) is 4.54. The molecule has 126 valence electrons. The summed E-state index contributed by atoms with van der Waals surface area (Å²) < 4.78 is 1.09. The molecule has 1 aliphatic rings. The zero-order chi connectivity index (χ0) is 16.9. The van der Waals surface area contributed by atoms with E-state index in [4.69, 9.17) is 0 Å². The standard InChI is InChI=1S/C19H21BrN2OS/c1-14(19(23)22-12-2-3-13-22)21-16-6-10-18(11-7-16)24-17-8-4-15(20)5-9-17/h4-11,14,21H,2-3,12-13H2,1H3/t14-/m0/s1. The molecule has 1 aliphatic heterocycles. The van der Waals surface area contributed by atoms with Crippen LogP contribution in [-0.2, 0) is 4.79 Å². The molecule has 1 atom stereocenters. The summed E-state index contributed by atoms with van der Waals surface area (Å²) in [5.74, 6) is 0.195. The molecule has 0 aromatic heterocycles. The molecule has 3 rings (SSSR count). The third-order valence-corrected chi connectivity index (χ3v) is 5.62. The average molecular weight is 405 g/mol. The van der Waals surface area contributed by atoms with Crippen LogP contribution in [0.1, 0.15) is 19.8 Å². The number of benzene rings is 2. The van der Waals surface area contributed by atoms with Gasteiger partial charge in [-0.2, -0.15) is 0 Å². The summed E-state index contributed by atoms with van der Waals surface area (Å²) in [7, 11) is 0. The van der Waals surface area contributed by atoms with E-state index in [0.29, 0.717) is 0 Å². The largest absolute Gasteiger partial charge is 0.374 e. The van der Waals surface area contributed by atoms with Crippen molar-refractivity contribution in [2.24, 2.45) is 0 Å². The fourth-order valence-corrected chi connectivity index (χ4v) is 3.86. The number of anilines is 1. The van der Waals surface area contributed by atoms with Gasteiger partial charge in [0.15, 0.2) is 0 Å². The Morgan fingerprint density at radius 3 is 2.17 bits per heavy atom. The summed E-state index contributed by atoms with van der Waals surface area (Å²) in [4.78, 5) is 16.7. The van der Waals surface area contributed by atoms with E-state index in [0.717, 1.165) is 36.1 Å². The zero-order valence-corrected chi connectivity index (χ0v) is 16.1. The molecule has 0 bridgehead atoms. The van der Waals surface area contributed by atoms with Crippen LogP contribution >= 0.6 is 27.7 Å². The number of rotatable bonds is 5. The number of nitrogens with zero attached hydrogens (tertiary/aromatic N) is 1. The molecule has 2 aromatic rings. The summed E-state index contributed by atoms with van der Waals surface area (Å²) >= 11 is 5.18. The Hall–Kier alpha value is -1.46. The number of carbonyl (C=O) groups is 1. The smallest absolute Gasteiger partial charge is 0.244 e. The third-order valence-electron chi connectivity index (χ3n) is 4.07. The maximum Gasteiger partial charge on any atom is 0.244 e. The van der Waals surface area contributed by atoms with Crippen molar-refractivity contribution < 1.29 is 4.79 Å². The van der Waals surface area contributed by atoms with Crippen molar-refractivity contribution in [1.82, 2.24) is 4.90 Å². The Bertz CT molecular complexity index is 682. The normalized spacial score (nSPS) is 15.3. The van der Waals surface area contributed by atoms with Crippen molar-refractivity contribution in [3.63, 3.8) is 0 Å². The Labute approximate surface area is 155 Å². The van der Waals surface area contributed by atoms with Crippen LogP contribution in [0.25, 0.3) is 0 Å². The van der Waals surface area contributed by atoms with E-state index in [-0.39, 0.29) is 11.9 Å². The number of amides is 1. The summed E-state index contributed by atoms with van der Waals surface area (Å²) in [6.07, 6.45) is 2.25. The lowest BCUT2D eigenvalue weighted by Crippen LogP contribution is -2.39. The molecule has 1 saturated heterocycles. The number of hydrogen-bond acceptors (Lipinski definition) is 3. The van der Waals surface area contributed by atoms with Crippen LogP contribution in [-0.4, -0.2) is 29.9 Å². The fourth-order valence-electron chi connectivity index (χ4n) is 2.78. The van der Waals surface area contributed by atoms with Crippen molar-refractivity contribution in [3.05, 3.63) is 53.0 Å². The molecule has 1 N–H and O–H groups in total. The molecule has 2 aromatic carbocycles. The highest BCUT2D eigenvalue weighted by molar-refractivity contribution is 9.10. The minimum absolute atomic E-state index is 0.187. The highest BCUT2D eigenvalue weighted by atomic mass is 79.9. The molecule has 0 unspecified atom stereocenters. The van der Waals surface area contributed by atoms with Crippen LogP contribution in [0.3, 0.4) is 0 Å². The summed E-state index contributed by atoms with van der Waals surface area (Å²) in [6.45, 7) is 3.73. The first kappa shape index (κ1) is 17.4. The lowest BCUT2D eigenvalue weighted by molar-refractivity contribution is -0.130. The van der Waals surface area contributed by atoms with E-state index in [2.05, 4.69) is 45.5 Å². The number of halogens is 1. The van der Waals surface area contributed by atoms with Crippen molar-refractivity contribution in [2.75, 3.05) is 18.4 Å². The number of nitrogens with one attached hydrogen (secondary N) is 1. The molecule has 3 nitrogen and oxygen atoms in total. The molecule has 24 heavy (non-hydrogen) atoms. The second-order valence-electron chi connectivity index (χ2n) is 5.98. The molecule has 0 aliphatic carbocycles. The monoisotopic (exact) mass is 404 g/mol. The molecule has 1 fully saturated rings. The van der Waals surface area contributed by atoms with Gasteiger partial charge < -0.3 is 10.2 Å². The minimum Gasteiger partial charge on any atom is -0.374 e. The van der Waals surface area contributed by atoms with Gasteiger partial charge in [-0.25, -0.2) is 0 Å². The molecule has 0 spiro atoms. The van der Waals surface area contributed by atoms with Gasteiger partial charge in [0.05, 0.1) is 0 Å². The van der Waals surface area contributed by atoms with Gasteiger partial charge >= 0.3 is 0 Å². The van der Waals surface area contributed by atoms with Gasteiger partial charge in [0, 0.05) is 33.0 Å². The van der Waals surface area contributed by atoms with Crippen LogP contribution in [0.2, 0.25) is 0 Å². The summed E-state index contributed by atoms with van der Waals surface area (Å²) in [5.41, 5.74) is 0.982. The topological polar surface area (TPSA) is 32.3 Å². The zero-order valence-electron chi connectivity index (χ0n) is 13.7. The maximum atomic E-state index is 12.3. The Morgan fingerprint density at radius 2 is 1.58 bits per heavy atom. The summed E-state index contributed by atoms with van der Waals surface area (Å²) in [6, 6.07) is 16.3. The van der Waals surface area contributed by atoms with Gasteiger partial charge in [0.1, 0.15) is 6.04 Å². The van der Waals surface area contributed by atoms with Crippen LogP contribution < -0.4 is 5.32 Å². The van der Waals surface area contributed by atoms with Crippen LogP contribution in [0, 0.1) is 0 Å². The molecule has 0 saturated carbocycles. The van der Waals surface area contributed by atoms with Crippen LogP contribution in [0.15, 0.2) is 62.8 Å². The average Bonchev–Trinajstić information content (AvgIpc) is 3.12. The molecule has 5 heteroatoms. The van der Waals surface area contributed by atoms with E-state index >= 15 is 0 Å². The lowest BCUT2D eigenvalue weighted by Gasteiger charge is -2.22. The first-order valence-corrected chi connectivity index (χ1v) is 9.81. The lowest BCUT2D eigenvalue weighted by atomic mass is 10.2. The van der Waals surface area contributed by atoms with Gasteiger partial charge in [0.2, 0.25) is 5.91 Å². The molecular weight excluding hydrogens is 384 g/mol. The number of likely N-dealkylation sites (tertiary alicyclic amines) is 1. The highest BCUT2D eigenvalue weighted by Crippen LogP contribution is 2.29. The Balaban J connectivity index is 1.57. The summed E-state index contributed by atoms with van der Waals surface area (Å²) in [5, 5.41) is 3.31. The van der Waals surface area contributed by atoms with Crippen LogP contribution in [0.4, 0.5) is 5.69 Å². The maximum absolute atomic E-state index is 12.3. The molecule has 1 heterocycles. The van der Waals surface area contributed by atoms with Gasteiger partial charge in [-0.05, 0) is 68.3 Å². The molecule has 1 amide bonds. The predicted octanol–water partition coefficient (Wildman–Crippen LogP) is 5.02. The first-order chi connectivity index (χ1) is 11.6. The van der Waals surface area contributed by atoms with E-state index in [9.17, 15) is 4.79 Å². The van der Waals surface area contributed by atoms with Gasteiger partial charge in [-0.15, -0.1) is 0 Å². The van der Waals surface area contributed by atoms with Crippen molar-refractivity contribution in [2.45, 2.75) is 35.6 Å². The number of hydrogen-bond donors (Lipinski definition) is 1. The fraction of sp³-hybridized carbons (Fsp3) is 0.316. The SMILES string of the molecule is C[C@H](Nc1ccc(Sc2ccc(Br)cc2)cc1)C(=O)N1CCCC1.